The van der Waals surface area contributed by atoms with Crippen molar-refractivity contribution in [1.29, 1.82) is 0 Å². The molecule has 3 aromatic carbocycles. The fourth-order valence-corrected chi connectivity index (χ4v) is 2.45. The fraction of sp³-hybridized carbons (Fsp3) is 0. The van der Waals surface area contributed by atoms with E-state index in [4.69, 9.17) is 25.8 Å². The fourth-order valence-electron chi connectivity index (χ4n) is 2.45. The maximum Gasteiger partial charge on any atom is 0.336 e. The summed E-state index contributed by atoms with van der Waals surface area (Å²) in [5, 5.41) is 26.4. The second-order valence-electron chi connectivity index (χ2n) is 5.95. The zero-order valence-corrected chi connectivity index (χ0v) is 15.9. The Hall–Kier alpha value is -4.66. The van der Waals surface area contributed by atoms with E-state index in [9.17, 15) is 19.2 Å². The van der Waals surface area contributed by atoms with Crippen LogP contribution in [0.5, 0.6) is 11.5 Å². The minimum atomic E-state index is -1.62. The third-order valence-corrected chi connectivity index (χ3v) is 3.84. The Bertz CT molecular complexity index is 975. The van der Waals surface area contributed by atoms with Crippen LogP contribution in [-0.2, 0) is 0 Å². The van der Waals surface area contributed by atoms with E-state index < -0.39 is 46.1 Å². The van der Waals surface area contributed by atoms with Gasteiger partial charge in [-0.25, -0.2) is 14.4 Å². The minimum absolute atomic E-state index is 0.565. The molecule has 0 unspecified atom stereocenters. The molecule has 0 fully saturated rings. The first-order valence-corrected chi connectivity index (χ1v) is 8.66. The molecule has 158 valence electrons. The first-order valence-electron chi connectivity index (χ1n) is 8.66. The summed E-state index contributed by atoms with van der Waals surface area (Å²) in [6.45, 7) is 0. The van der Waals surface area contributed by atoms with Crippen LogP contribution in [0, 0.1) is 0 Å². The maximum absolute atomic E-state index is 11.0. The molecule has 3 rings (SSSR count). The summed E-state index contributed by atoms with van der Waals surface area (Å²) in [6.07, 6.45) is 0. The smallest absolute Gasteiger partial charge is 0.336 e. The third-order valence-electron chi connectivity index (χ3n) is 3.84. The van der Waals surface area contributed by atoms with Crippen LogP contribution in [0.4, 0.5) is 0 Å². The number of hydrogen-bond donors (Lipinski definition) is 4. The van der Waals surface area contributed by atoms with Gasteiger partial charge in [-0.15, -0.1) is 0 Å². The Labute approximate surface area is 175 Å². The summed E-state index contributed by atoms with van der Waals surface area (Å²) in [5.74, 6) is -4.23. The topological polar surface area (TPSA) is 164 Å². The zero-order valence-electron chi connectivity index (χ0n) is 15.9. The number of carbonyl (C=O) groups is 4. The van der Waals surface area contributed by atoms with Gasteiger partial charge in [0, 0.05) is 0 Å². The molecule has 0 aromatic heterocycles. The molecule has 0 saturated heterocycles. The number of aromatic carboxylic acids is 3. The molecule has 9 nitrogen and oxygen atoms in total. The van der Waals surface area contributed by atoms with Gasteiger partial charge in [-0.3, -0.25) is 4.79 Å². The molecule has 0 aliphatic carbocycles. The van der Waals surface area contributed by atoms with Gasteiger partial charge < -0.3 is 25.8 Å². The van der Waals surface area contributed by atoms with Crippen molar-refractivity contribution >= 4 is 23.8 Å². The van der Waals surface area contributed by atoms with Crippen LogP contribution < -0.4 is 10.5 Å². The monoisotopic (exact) mass is 423 g/mol. The summed E-state index contributed by atoms with van der Waals surface area (Å²) in [4.78, 5) is 43.5. The molecule has 0 spiro atoms. The molecular weight excluding hydrogens is 406 g/mol. The van der Waals surface area contributed by atoms with Crippen molar-refractivity contribution in [2.45, 2.75) is 0 Å². The quantitative estimate of drug-likeness (QED) is 0.469. The summed E-state index contributed by atoms with van der Waals surface area (Å²) >= 11 is 0. The number of amides is 1. The minimum Gasteiger partial charge on any atom is -0.478 e. The highest BCUT2D eigenvalue weighted by molar-refractivity contribution is 6.10. The first-order chi connectivity index (χ1) is 14.7. The average molecular weight is 423 g/mol. The Morgan fingerprint density at radius 2 is 0.903 bits per heavy atom. The van der Waals surface area contributed by atoms with Gasteiger partial charge in [0.1, 0.15) is 11.5 Å². The Balaban J connectivity index is 0.000000231. The van der Waals surface area contributed by atoms with Gasteiger partial charge in [0.15, 0.2) is 0 Å². The van der Waals surface area contributed by atoms with Gasteiger partial charge in [0.25, 0.3) is 0 Å². The first kappa shape index (κ1) is 22.6. The lowest BCUT2D eigenvalue weighted by atomic mass is 9.98. The number of primary amides is 1. The van der Waals surface area contributed by atoms with E-state index in [1.54, 1.807) is 0 Å². The summed E-state index contributed by atoms with van der Waals surface area (Å²) < 4.78 is 5.58. The van der Waals surface area contributed by atoms with Crippen LogP contribution in [0.15, 0.2) is 72.8 Å². The van der Waals surface area contributed by atoms with E-state index in [-0.39, 0.29) is 0 Å². The lowest BCUT2D eigenvalue weighted by Gasteiger charge is -2.07. The van der Waals surface area contributed by atoms with Gasteiger partial charge >= 0.3 is 17.9 Å². The van der Waals surface area contributed by atoms with Crippen molar-refractivity contribution in [3.63, 3.8) is 0 Å². The highest BCUT2D eigenvalue weighted by Crippen LogP contribution is 2.20. The number of carboxylic acids is 3. The highest BCUT2D eigenvalue weighted by Gasteiger charge is 2.24. The molecule has 0 radical (unpaired) electrons. The van der Waals surface area contributed by atoms with E-state index >= 15 is 0 Å². The van der Waals surface area contributed by atoms with Crippen LogP contribution >= 0.6 is 0 Å². The van der Waals surface area contributed by atoms with Crippen molar-refractivity contribution in [3.8, 4) is 11.5 Å². The van der Waals surface area contributed by atoms with E-state index in [0.29, 0.717) is 12.1 Å². The van der Waals surface area contributed by atoms with E-state index in [1.807, 2.05) is 60.7 Å². The molecule has 0 heterocycles. The van der Waals surface area contributed by atoms with Gasteiger partial charge in [-0.05, 0) is 36.4 Å². The standard InChI is InChI=1S/C12H10O.C10H7NO7/c1-3-7-11(8-4-1)13-12-9-5-2-6-10-12;11-7(12)3-1-5(9(15)16)6(10(17)18)2-4(3)8(13)14/h1-10H;1-2H,(H2,11,12)(H,13,14)(H,15,16)(H,17,18). The number of benzene rings is 3. The van der Waals surface area contributed by atoms with Crippen molar-refractivity contribution in [1.82, 2.24) is 0 Å². The summed E-state index contributed by atoms with van der Waals surface area (Å²) in [6, 6.07) is 20.7. The van der Waals surface area contributed by atoms with Gasteiger partial charge in [-0.1, -0.05) is 36.4 Å². The van der Waals surface area contributed by atoms with Crippen LogP contribution in [0.2, 0.25) is 0 Å². The number of ether oxygens (including phenoxy) is 1. The normalized spacial score (nSPS) is 9.68. The van der Waals surface area contributed by atoms with Crippen LogP contribution in [0.3, 0.4) is 0 Å². The van der Waals surface area contributed by atoms with Crippen molar-refractivity contribution in [3.05, 3.63) is 95.1 Å². The molecule has 9 heteroatoms. The van der Waals surface area contributed by atoms with Crippen LogP contribution in [0.25, 0.3) is 0 Å². The second kappa shape index (κ2) is 10.2. The average Bonchev–Trinajstić information content (AvgIpc) is 2.74. The molecule has 0 aliphatic rings. The molecular formula is C22H17NO8. The molecule has 0 atom stereocenters. The van der Waals surface area contributed by atoms with Crippen molar-refractivity contribution < 1.29 is 39.2 Å². The van der Waals surface area contributed by atoms with Crippen molar-refractivity contribution in [2.75, 3.05) is 0 Å². The van der Waals surface area contributed by atoms with Crippen LogP contribution in [-0.4, -0.2) is 39.1 Å². The predicted molar refractivity (Wildman–Crippen MR) is 109 cm³/mol. The third kappa shape index (κ3) is 6.16. The number of carbonyl (C=O) groups excluding carboxylic acids is 1. The Morgan fingerprint density at radius 1 is 0.581 bits per heavy atom. The second-order valence-corrected chi connectivity index (χ2v) is 5.95. The molecule has 5 N–H and O–H groups in total. The van der Waals surface area contributed by atoms with Crippen LogP contribution in [0.1, 0.15) is 41.4 Å². The lowest BCUT2D eigenvalue weighted by molar-refractivity contribution is 0.0648. The number of para-hydroxylation sites is 2. The summed E-state index contributed by atoms with van der Waals surface area (Å²) in [7, 11) is 0. The maximum atomic E-state index is 11.0. The van der Waals surface area contributed by atoms with E-state index in [2.05, 4.69) is 0 Å². The largest absolute Gasteiger partial charge is 0.478 e. The van der Waals surface area contributed by atoms with Gasteiger partial charge in [0.2, 0.25) is 5.91 Å². The highest BCUT2D eigenvalue weighted by atomic mass is 16.5. The molecule has 0 aliphatic heterocycles. The lowest BCUT2D eigenvalue weighted by Crippen LogP contribution is -2.20. The number of rotatable bonds is 6. The predicted octanol–water partition coefficient (Wildman–Crippen LogP) is 3.36. The molecule has 0 saturated carbocycles. The molecule has 31 heavy (non-hydrogen) atoms. The Morgan fingerprint density at radius 3 is 1.23 bits per heavy atom. The molecule has 3 aromatic rings. The number of hydrogen-bond acceptors (Lipinski definition) is 5. The number of carboxylic acid groups (broad SMARTS) is 3. The van der Waals surface area contributed by atoms with Gasteiger partial charge in [0.05, 0.1) is 22.3 Å². The Kier molecular flexibility index (Phi) is 7.45. The SMILES string of the molecule is NC(=O)c1cc(C(=O)O)c(C(=O)O)cc1C(=O)O.c1ccc(Oc2ccccc2)cc1. The number of nitrogens with two attached hydrogens (primary N) is 1. The summed E-state index contributed by atoms with van der Waals surface area (Å²) in [5.41, 5.74) is 2.24. The molecule has 0 bridgehead atoms. The van der Waals surface area contributed by atoms with Crippen molar-refractivity contribution in [2.24, 2.45) is 5.73 Å². The van der Waals surface area contributed by atoms with E-state index in [1.165, 1.54) is 0 Å². The molecule has 1 amide bonds. The zero-order chi connectivity index (χ0) is 23.0. The van der Waals surface area contributed by atoms with Gasteiger partial charge in [-0.2, -0.15) is 0 Å². The van der Waals surface area contributed by atoms with E-state index in [0.717, 1.165) is 11.5 Å².